The Bertz CT molecular complexity index is 1160. The fourth-order valence-corrected chi connectivity index (χ4v) is 4.28. The Labute approximate surface area is 226 Å². The molecule has 0 bridgehead atoms. The number of carbonyl (C=O) groups excluding carboxylic acids is 4. The summed E-state index contributed by atoms with van der Waals surface area (Å²) in [6.45, 7) is 3.29. The van der Waals surface area contributed by atoms with Gasteiger partial charge in [-0.2, -0.15) is 0 Å². The van der Waals surface area contributed by atoms with E-state index < -0.39 is 54.0 Å². The largest absolute Gasteiger partial charge is 0.480 e. The maximum atomic E-state index is 13.1. The van der Waals surface area contributed by atoms with Gasteiger partial charge in [0, 0.05) is 13.0 Å². The number of nitrogens with one attached hydrogen (secondary N) is 3. The van der Waals surface area contributed by atoms with Crippen molar-refractivity contribution in [2.75, 3.05) is 6.54 Å². The van der Waals surface area contributed by atoms with Gasteiger partial charge in [0.1, 0.15) is 30.8 Å². The highest BCUT2D eigenvalue weighted by atomic mass is 16.5. The molecule has 208 valence electrons. The summed E-state index contributed by atoms with van der Waals surface area (Å²) in [5.74, 6) is -2.80. The third-order valence-corrected chi connectivity index (χ3v) is 6.41. The highest BCUT2D eigenvalue weighted by Crippen LogP contribution is 2.19. The lowest BCUT2D eigenvalue weighted by atomic mass is 10.1. The van der Waals surface area contributed by atoms with Crippen LogP contribution in [0.1, 0.15) is 37.8 Å². The average Bonchev–Trinajstić information content (AvgIpc) is 3.42. The Kier molecular flexibility index (Phi) is 10.4. The van der Waals surface area contributed by atoms with E-state index in [2.05, 4.69) is 16.0 Å². The summed E-state index contributed by atoms with van der Waals surface area (Å²) in [4.78, 5) is 63.9. The molecule has 0 unspecified atom stereocenters. The molecule has 0 saturated carbocycles. The number of benzene rings is 2. The van der Waals surface area contributed by atoms with Crippen molar-refractivity contribution in [1.29, 1.82) is 0 Å². The molecule has 1 heterocycles. The summed E-state index contributed by atoms with van der Waals surface area (Å²) in [6, 6.07) is 14.0. The number of carbonyl (C=O) groups is 5. The number of aliphatic carboxylic acids is 1. The molecule has 11 heteroatoms. The van der Waals surface area contributed by atoms with Gasteiger partial charge in [-0.1, -0.05) is 60.7 Å². The van der Waals surface area contributed by atoms with Crippen LogP contribution in [0.25, 0.3) is 0 Å². The number of carboxylic acids is 1. The zero-order chi connectivity index (χ0) is 28.4. The molecule has 1 saturated heterocycles. The maximum Gasteiger partial charge on any atom is 0.408 e. The normalized spacial score (nSPS) is 16.9. The number of hydrogen-bond acceptors (Lipinski definition) is 6. The van der Waals surface area contributed by atoms with E-state index in [-0.39, 0.29) is 13.0 Å². The molecule has 39 heavy (non-hydrogen) atoms. The molecule has 1 aliphatic rings. The molecule has 0 aliphatic carbocycles. The Morgan fingerprint density at radius 1 is 0.897 bits per heavy atom. The molecule has 0 spiro atoms. The minimum absolute atomic E-state index is 0.0440. The predicted octanol–water partition coefficient (Wildman–Crippen LogP) is 1.61. The number of rotatable bonds is 11. The molecule has 3 rings (SSSR count). The fraction of sp³-hybridized carbons (Fsp3) is 0.393. The van der Waals surface area contributed by atoms with Crippen LogP contribution < -0.4 is 16.0 Å². The molecular formula is C28H34N4O7. The van der Waals surface area contributed by atoms with Crippen LogP contribution in [0.5, 0.6) is 0 Å². The molecule has 11 nitrogen and oxygen atoms in total. The number of alkyl carbamates (subject to hydrolysis) is 1. The molecule has 0 aromatic heterocycles. The monoisotopic (exact) mass is 538 g/mol. The number of carboxylic acid groups (broad SMARTS) is 1. The first-order valence-corrected chi connectivity index (χ1v) is 12.8. The Balaban J connectivity index is 1.51. The van der Waals surface area contributed by atoms with Crippen molar-refractivity contribution in [2.45, 2.75) is 63.9 Å². The van der Waals surface area contributed by atoms with Crippen LogP contribution in [0.4, 0.5) is 4.79 Å². The van der Waals surface area contributed by atoms with Crippen molar-refractivity contribution in [3.8, 4) is 0 Å². The lowest BCUT2D eigenvalue weighted by Crippen LogP contribution is -2.56. The fourth-order valence-electron chi connectivity index (χ4n) is 4.28. The molecule has 4 N–H and O–H groups in total. The number of likely N-dealkylation sites (tertiary alicyclic amines) is 1. The zero-order valence-corrected chi connectivity index (χ0v) is 22.0. The second-order valence-corrected chi connectivity index (χ2v) is 9.44. The van der Waals surface area contributed by atoms with Gasteiger partial charge >= 0.3 is 12.1 Å². The summed E-state index contributed by atoms with van der Waals surface area (Å²) in [7, 11) is 0. The SMILES string of the molecule is C[C@H](NC(=O)OCc1ccccc1)C(=O)N[C@@H](C)C(=O)N1CCC[C@H]1C(=O)N[C@@H](Cc1ccccc1)C(=O)O. The van der Waals surface area contributed by atoms with Crippen LogP contribution in [0.15, 0.2) is 60.7 Å². The maximum absolute atomic E-state index is 13.1. The van der Waals surface area contributed by atoms with E-state index in [1.54, 1.807) is 36.4 Å². The van der Waals surface area contributed by atoms with Crippen molar-refractivity contribution in [3.05, 3.63) is 71.8 Å². The van der Waals surface area contributed by atoms with Gasteiger partial charge in [0.05, 0.1) is 0 Å². The van der Waals surface area contributed by atoms with Crippen LogP contribution in [0.3, 0.4) is 0 Å². The third kappa shape index (κ3) is 8.56. The third-order valence-electron chi connectivity index (χ3n) is 6.41. The van der Waals surface area contributed by atoms with Crippen LogP contribution in [0.2, 0.25) is 0 Å². The predicted molar refractivity (Wildman–Crippen MR) is 141 cm³/mol. The smallest absolute Gasteiger partial charge is 0.408 e. The van der Waals surface area contributed by atoms with Gasteiger partial charge in [0.25, 0.3) is 0 Å². The number of hydrogen-bond donors (Lipinski definition) is 4. The van der Waals surface area contributed by atoms with E-state index in [1.807, 2.05) is 24.3 Å². The Morgan fingerprint density at radius 3 is 2.13 bits per heavy atom. The van der Waals surface area contributed by atoms with Crippen LogP contribution >= 0.6 is 0 Å². The van der Waals surface area contributed by atoms with Crippen molar-refractivity contribution < 1.29 is 33.8 Å². The molecular weight excluding hydrogens is 504 g/mol. The summed E-state index contributed by atoms with van der Waals surface area (Å²) in [5, 5.41) is 17.2. The van der Waals surface area contributed by atoms with Crippen LogP contribution in [-0.2, 0) is 36.9 Å². The summed E-state index contributed by atoms with van der Waals surface area (Å²) in [5.41, 5.74) is 1.55. The van der Waals surface area contributed by atoms with Gasteiger partial charge in [0.15, 0.2) is 0 Å². The van der Waals surface area contributed by atoms with Gasteiger partial charge < -0.3 is 30.7 Å². The summed E-state index contributed by atoms with van der Waals surface area (Å²) >= 11 is 0. The first-order valence-electron chi connectivity index (χ1n) is 12.8. The zero-order valence-electron chi connectivity index (χ0n) is 22.0. The van der Waals surface area contributed by atoms with Gasteiger partial charge in [-0.15, -0.1) is 0 Å². The van der Waals surface area contributed by atoms with Crippen LogP contribution in [0, 0.1) is 0 Å². The lowest BCUT2D eigenvalue weighted by molar-refractivity contribution is -0.144. The number of ether oxygens (including phenoxy) is 1. The Morgan fingerprint density at radius 2 is 1.51 bits per heavy atom. The summed E-state index contributed by atoms with van der Waals surface area (Å²) < 4.78 is 5.12. The van der Waals surface area contributed by atoms with Gasteiger partial charge in [-0.25, -0.2) is 9.59 Å². The molecule has 1 aliphatic heterocycles. The standard InChI is InChI=1S/C28H34N4O7/c1-18(30-28(38)39-17-21-12-7-4-8-13-21)24(33)29-19(2)26(35)32-15-9-14-23(32)25(34)31-22(27(36)37)16-20-10-5-3-6-11-20/h3-8,10-13,18-19,22-23H,9,14-17H2,1-2H3,(H,29,33)(H,30,38)(H,31,34)(H,36,37)/t18-,19-,22-,23-/m0/s1. The van der Waals surface area contributed by atoms with Gasteiger partial charge in [-0.3, -0.25) is 14.4 Å². The lowest BCUT2D eigenvalue weighted by Gasteiger charge is -2.28. The highest BCUT2D eigenvalue weighted by Gasteiger charge is 2.38. The van der Waals surface area contributed by atoms with Crippen LogP contribution in [-0.4, -0.2) is 70.5 Å². The first kappa shape index (κ1) is 29.2. The Hall–Kier alpha value is -4.41. The van der Waals surface area contributed by atoms with E-state index in [0.717, 1.165) is 11.1 Å². The molecule has 4 amide bonds. The average molecular weight is 539 g/mol. The quantitative estimate of drug-likeness (QED) is 0.339. The van der Waals surface area contributed by atoms with Gasteiger partial charge in [-0.05, 0) is 37.8 Å². The first-order chi connectivity index (χ1) is 18.7. The van der Waals surface area contributed by atoms with Crippen molar-refractivity contribution in [2.24, 2.45) is 0 Å². The van der Waals surface area contributed by atoms with E-state index in [4.69, 9.17) is 4.74 Å². The highest BCUT2D eigenvalue weighted by molar-refractivity contribution is 5.94. The van der Waals surface area contributed by atoms with Crippen molar-refractivity contribution >= 4 is 29.8 Å². The van der Waals surface area contributed by atoms with E-state index >= 15 is 0 Å². The number of amides is 4. The number of nitrogens with zero attached hydrogens (tertiary/aromatic N) is 1. The molecule has 2 aromatic rings. The van der Waals surface area contributed by atoms with Gasteiger partial charge in [0.2, 0.25) is 17.7 Å². The van der Waals surface area contributed by atoms with E-state index in [1.165, 1.54) is 18.7 Å². The molecule has 4 atom stereocenters. The minimum Gasteiger partial charge on any atom is -0.480 e. The van der Waals surface area contributed by atoms with E-state index in [9.17, 15) is 29.1 Å². The van der Waals surface area contributed by atoms with Crippen molar-refractivity contribution in [1.82, 2.24) is 20.9 Å². The topological polar surface area (TPSA) is 154 Å². The minimum atomic E-state index is -1.17. The second-order valence-electron chi connectivity index (χ2n) is 9.44. The van der Waals surface area contributed by atoms with E-state index in [0.29, 0.717) is 19.4 Å². The van der Waals surface area contributed by atoms with Crippen molar-refractivity contribution in [3.63, 3.8) is 0 Å². The molecule has 2 aromatic carbocycles. The summed E-state index contributed by atoms with van der Waals surface area (Å²) in [6.07, 6.45) is 0.265. The molecule has 0 radical (unpaired) electrons. The second kappa shape index (κ2) is 13.9. The molecule has 1 fully saturated rings.